The van der Waals surface area contributed by atoms with Crippen molar-refractivity contribution >= 4 is 5.97 Å². The number of unbranched alkanes of at least 4 members (excludes halogenated alkanes) is 3. The number of allylic oxidation sites excluding steroid dienone is 3. The maximum Gasteiger partial charge on any atom is 0.328 e. The van der Waals surface area contributed by atoms with Gasteiger partial charge in [-0.25, -0.2) is 4.79 Å². The molecule has 0 spiro atoms. The van der Waals surface area contributed by atoms with Crippen LogP contribution in [0.3, 0.4) is 0 Å². The second-order valence-electron chi connectivity index (χ2n) is 5.73. The summed E-state index contributed by atoms with van der Waals surface area (Å²) in [5.41, 5.74) is 0. The molecule has 1 unspecified atom stereocenters. The molecule has 19 heavy (non-hydrogen) atoms. The van der Waals surface area contributed by atoms with Gasteiger partial charge in [-0.2, -0.15) is 0 Å². The van der Waals surface area contributed by atoms with E-state index in [1.807, 2.05) is 12.2 Å². The Balaban J connectivity index is 0. The number of carbonyl (C=O) groups is 1. The summed E-state index contributed by atoms with van der Waals surface area (Å²) in [5.74, 6) is -0.894. The molecule has 0 rings (SSSR count). The highest BCUT2D eigenvalue weighted by molar-refractivity contribution is 5.80. The standard InChI is InChI=1S/C15H27NO2.H3N/c1-14(16(2,3)4)12-10-8-6-5-7-9-11-13-15(17)18;/h7,9,11,13-14H,5-6,8,10,12H2,1-4H3;1H3/p+1. The van der Waals surface area contributed by atoms with E-state index < -0.39 is 5.97 Å². The predicted molar refractivity (Wildman–Crippen MR) is 81.5 cm³/mol. The first-order valence-electron chi connectivity index (χ1n) is 6.71. The van der Waals surface area contributed by atoms with Gasteiger partial charge < -0.3 is 15.7 Å². The fraction of sp³-hybridized carbons (Fsp3) is 0.667. The Morgan fingerprint density at radius 2 is 1.79 bits per heavy atom. The zero-order valence-electron chi connectivity index (χ0n) is 12.9. The zero-order valence-corrected chi connectivity index (χ0v) is 12.9. The van der Waals surface area contributed by atoms with Gasteiger partial charge in [0.05, 0.1) is 27.2 Å². The smallest absolute Gasteiger partial charge is 0.328 e. The molecule has 0 aliphatic heterocycles. The SMILES string of the molecule is CC(CCCCCC=CC=CC(=O)O)[N+](C)(C)C.N. The first-order chi connectivity index (χ1) is 8.34. The molecule has 4 N–H and O–H groups in total. The van der Waals surface area contributed by atoms with Crippen molar-refractivity contribution in [3.05, 3.63) is 24.3 Å². The van der Waals surface area contributed by atoms with Gasteiger partial charge in [-0.15, -0.1) is 0 Å². The third kappa shape index (κ3) is 13.1. The summed E-state index contributed by atoms with van der Waals surface area (Å²) < 4.78 is 1.03. The number of rotatable bonds is 9. The van der Waals surface area contributed by atoms with Crippen molar-refractivity contribution in [2.24, 2.45) is 0 Å². The third-order valence-corrected chi connectivity index (χ3v) is 3.30. The summed E-state index contributed by atoms with van der Waals surface area (Å²) in [7, 11) is 6.71. The summed E-state index contributed by atoms with van der Waals surface area (Å²) in [6.07, 6.45) is 12.6. The van der Waals surface area contributed by atoms with Gasteiger partial charge in [-0.3, -0.25) is 0 Å². The Kier molecular flexibility index (Phi) is 11.4. The van der Waals surface area contributed by atoms with E-state index in [1.165, 1.54) is 25.7 Å². The van der Waals surface area contributed by atoms with E-state index in [2.05, 4.69) is 28.1 Å². The van der Waals surface area contributed by atoms with Crippen LogP contribution >= 0.6 is 0 Å². The highest BCUT2D eigenvalue weighted by Crippen LogP contribution is 2.12. The topological polar surface area (TPSA) is 72.3 Å². The first kappa shape index (κ1) is 20.2. The van der Waals surface area contributed by atoms with Gasteiger partial charge in [0.2, 0.25) is 0 Å². The fourth-order valence-electron chi connectivity index (χ4n) is 1.58. The van der Waals surface area contributed by atoms with E-state index in [0.717, 1.165) is 17.0 Å². The minimum Gasteiger partial charge on any atom is -0.478 e. The summed E-state index contributed by atoms with van der Waals surface area (Å²) in [6.45, 7) is 2.30. The molecule has 0 radical (unpaired) electrons. The number of aliphatic carboxylic acids is 1. The van der Waals surface area contributed by atoms with Gasteiger partial charge in [0.25, 0.3) is 0 Å². The van der Waals surface area contributed by atoms with Crippen LogP contribution in [-0.4, -0.2) is 42.7 Å². The largest absolute Gasteiger partial charge is 0.478 e. The lowest BCUT2D eigenvalue weighted by Crippen LogP contribution is -2.43. The van der Waals surface area contributed by atoms with Crippen LogP contribution in [-0.2, 0) is 4.79 Å². The van der Waals surface area contributed by atoms with E-state index in [-0.39, 0.29) is 6.15 Å². The molecule has 0 bridgehead atoms. The van der Waals surface area contributed by atoms with Gasteiger partial charge in [0.15, 0.2) is 0 Å². The Morgan fingerprint density at radius 1 is 1.16 bits per heavy atom. The minimum atomic E-state index is -0.894. The van der Waals surface area contributed by atoms with E-state index in [0.29, 0.717) is 6.04 Å². The van der Waals surface area contributed by atoms with Crippen molar-refractivity contribution in [1.82, 2.24) is 6.15 Å². The molecule has 0 heterocycles. The average Bonchev–Trinajstić information content (AvgIpc) is 2.24. The van der Waals surface area contributed by atoms with Crippen molar-refractivity contribution in [2.45, 2.75) is 45.1 Å². The van der Waals surface area contributed by atoms with E-state index in [9.17, 15) is 4.79 Å². The minimum absolute atomic E-state index is 0. The Hall–Kier alpha value is -1.13. The second-order valence-corrected chi connectivity index (χ2v) is 5.73. The molecule has 1 atom stereocenters. The third-order valence-electron chi connectivity index (χ3n) is 3.30. The number of hydrogen-bond acceptors (Lipinski definition) is 2. The van der Waals surface area contributed by atoms with Gasteiger partial charge >= 0.3 is 5.97 Å². The number of quaternary nitrogens is 1. The van der Waals surface area contributed by atoms with Gasteiger partial charge in [0, 0.05) is 6.08 Å². The maximum absolute atomic E-state index is 10.2. The molecule has 0 aliphatic rings. The van der Waals surface area contributed by atoms with Crippen LogP contribution in [0.15, 0.2) is 24.3 Å². The zero-order chi connectivity index (χ0) is 14.0. The summed E-state index contributed by atoms with van der Waals surface area (Å²) in [6, 6.07) is 0.707. The van der Waals surface area contributed by atoms with Crippen molar-refractivity contribution in [3.63, 3.8) is 0 Å². The lowest BCUT2D eigenvalue weighted by atomic mass is 10.1. The van der Waals surface area contributed by atoms with Gasteiger partial charge in [0.1, 0.15) is 0 Å². The first-order valence-corrected chi connectivity index (χ1v) is 6.71. The quantitative estimate of drug-likeness (QED) is 0.292. The van der Waals surface area contributed by atoms with Crippen molar-refractivity contribution < 1.29 is 14.4 Å². The molecule has 112 valence electrons. The maximum atomic E-state index is 10.2. The van der Waals surface area contributed by atoms with Crippen LogP contribution in [0.4, 0.5) is 0 Å². The number of carboxylic acids is 1. The van der Waals surface area contributed by atoms with E-state index in [1.54, 1.807) is 6.08 Å². The average molecular weight is 271 g/mol. The molecule has 0 fully saturated rings. The number of nitrogens with zero attached hydrogens (tertiary/aromatic N) is 1. The molecular weight excluding hydrogens is 240 g/mol. The monoisotopic (exact) mass is 271 g/mol. The van der Waals surface area contributed by atoms with Gasteiger partial charge in [-0.05, 0) is 32.6 Å². The molecule has 0 aromatic heterocycles. The lowest BCUT2D eigenvalue weighted by molar-refractivity contribution is -0.894. The Bertz CT molecular complexity index is 291. The molecule has 0 amide bonds. The normalized spacial score (nSPS) is 13.7. The highest BCUT2D eigenvalue weighted by atomic mass is 16.4. The molecule has 4 heteroatoms. The summed E-state index contributed by atoms with van der Waals surface area (Å²) >= 11 is 0. The molecule has 0 saturated heterocycles. The molecule has 4 nitrogen and oxygen atoms in total. The van der Waals surface area contributed by atoms with Crippen molar-refractivity contribution in [1.29, 1.82) is 0 Å². The van der Waals surface area contributed by atoms with E-state index >= 15 is 0 Å². The van der Waals surface area contributed by atoms with Crippen LogP contribution in [0, 0.1) is 0 Å². The molecule has 0 aromatic carbocycles. The van der Waals surface area contributed by atoms with Gasteiger partial charge in [-0.1, -0.05) is 24.6 Å². The molecule has 0 aliphatic carbocycles. The molecule has 0 saturated carbocycles. The lowest BCUT2D eigenvalue weighted by Gasteiger charge is -2.31. The van der Waals surface area contributed by atoms with Crippen LogP contribution in [0.25, 0.3) is 0 Å². The van der Waals surface area contributed by atoms with E-state index in [4.69, 9.17) is 5.11 Å². The Labute approximate surface area is 118 Å². The highest BCUT2D eigenvalue weighted by Gasteiger charge is 2.16. The van der Waals surface area contributed by atoms with Crippen molar-refractivity contribution in [2.75, 3.05) is 21.1 Å². The second kappa shape index (κ2) is 10.8. The fourth-order valence-corrected chi connectivity index (χ4v) is 1.58. The number of hydrogen-bond donors (Lipinski definition) is 2. The predicted octanol–water partition coefficient (Wildman–Crippen LogP) is 3.39. The summed E-state index contributed by atoms with van der Waals surface area (Å²) in [5, 5.41) is 8.38. The number of carboxylic acid groups (broad SMARTS) is 1. The Morgan fingerprint density at radius 3 is 2.32 bits per heavy atom. The van der Waals surface area contributed by atoms with Crippen LogP contribution in [0.1, 0.15) is 39.0 Å². The van der Waals surface area contributed by atoms with Crippen LogP contribution < -0.4 is 6.15 Å². The molecular formula is C15H31N2O2+. The molecule has 0 aromatic rings. The van der Waals surface area contributed by atoms with Crippen LogP contribution in [0.2, 0.25) is 0 Å². The summed E-state index contributed by atoms with van der Waals surface area (Å²) in [4.78, 5) is 10.2. The van der Waals surface area contributed by atoms with Crippen LogP contribution in [0.5, 0.6) is 0 Å². The van der Waals surface area contributed by atoms with Crippen molar-refractivity contribution in [3.8, 4) is 0 Å².